The summed E-state index contributed by atoms with van der Waals surface area (Å²) < 4.78 is 7.12. The smallest absolute Gasteiger partial charge is 0.263 e. The summed E-state index contributed by atoms with van der Waals surface area (Å²) in [6.45, 7) is 3.49. The van der Waals surface area contributed by atoms with Crippen LogP contribution in [0.4, 0.5) is 5.82 Å². The maximum absolute atomic E-state index is 12.3. The van der Waals surface area contributed by atoms with E-state index >= 15 is 0 Å². The third-order valence-electron chi connectivity index (χ3n) is 4.02. The minimum atomic E-state index is -0.322. The summed E-state index contributed by atoms with van der Waals surface area (Å²) >= 11 is 6.05. The number of benzene rings is 2. The van der Waals surface area contributed by atoms with Gasteiger partial charge in [-0.3, -0.25) is 9.59 Å². The fourth-order valence-corrected chi connectivity index (χ4v) is 2.85. The largest absolute Gasteiger partial charge is 0.484 e. The van der Waals surface area contributed by atoms with Gasteiger partial charge in [-0.1, -0.05) is 24.6 Å². The number of aryl methyl sites for hydroxylation is 1. The average Bonchev–Trinajstić information content (AvgIpc) is 3.06. The van der Waals surface area contributed by atoms with Gasteiger partial charge in [0.15, 0.2) is 12.4 Å². The minimum absolute atomic E-state index is 0.0638. The van der Waals surface area contributed by atoms with Crippen LogP contribution in [0, 0.1) is 6.92 Å². The molecule has 3 aromatic rings. The van der Waals surface area contributed by atoms with Crippen LogP contribution in [-0.2, 0) is 4.79 Å². The number of nitrogens with one attached hydrogen (secondary N) is 1. The summed E-state index contributed by atoms with van der Waals surface area (Å²) in [5.74, 6) is 0.783. The normalized spacial score (nSPS) is 10.5. The number of hydrogen-bond acceptors (Lipinski definition) is 4. The monoisotopic (exact) mass is 397 g/mol. The van der Waals surface area contributed by atoms with Gasteiger partial charge in [-0.2, -0.15) is 5.10 Å². The number of nitrogens with zero attached hydrogens (tertiary/aromatic N) is 2. The van der Waals surface area contributed by atoms with Crippen molar-refractivity contribution in [2.45, 2.75) is 20.3 Å². The second kappa shape index (κ2) is 8.71. The van der Waals surface area contributed by atoms with E-state index in [1.807, 2.05) is 26.0 Å². The van der Waals surface area contributed by atoms with Crippen LogP contribution in [0.15, 0.2) is 54.6 Å². The summed E-state index contributed by atoms with van der Waals surface area (Å²) in [6.07, 6.45) is 0.447. The van der Waals surface area contributed by atoms with Crippen LogP contribution in [0.3, 0.4) is 0 Å². The highest BCUT2D eigenvalue weighted by molar-refractivity contribution is 6.30. The molecule has 0 spiro atoms. The van der Waals surface area contributed by atoms with Crippen molar-refractivity contribution in [3.8, 4) is 11.4 Å². The molecule has 7 heteroatoms. The van der Waals surface area contributed by atoms with E-state index in [2.05, 4.69) is 10.4 Å². The number of ketones is 1. The number of amides is 1. The van der Waals surface area contributed by atoms with Gasteiger partial charge in [0.25, 0.3) is 5.91 Å². The molecule has 2 aromatic carbocycles. The van der Waals surface area contributed by atoms with Gasteiger partial charge in [0.1, 0.15) is 11.6 Å². The first-order valence-electron chi connectivity index (χ1n) is 8.85. The zero-order valence-electron chi connectivity index (χ0n) is 15.6. The zero-order chi connectivity index (χ0) is 20.1. The Morgan fingerprint density at radius 1 is 1.14 bits per heavy atom. The quantitative estimate of drug-likeness (QED) is 0.598. The maximum atomic E-state index is 12.3. The van der Waals surface area contributed by atoms with Crippen molar-refractivity contribution < 1.29 is 14.3 Å². The van der Waals surface area contributed by atoms with Crippen molar-refractivity contribution in [3.05, 3.63) is 70.9 Å². The highest BCUT2D eigenvalue weighted by atomic mass is 35.5. The van der Waals surface area contributed by atoms with E-state index in [-0.39, 0.29) is 18.3 Å². The summed E-state index contributed by atoms with van der Waals surface area (Å²) in [5.41, 5.74) is 2.13. The van der Waals surface area contributed by atoms with E-state index in [0.29, 0.717) is 28.6 Å². The molecule has 1 N–H and O–H groups in total. The van der Waals surface area contributed by atoms with Gasteiger partial charge in [0.05, 0.1) is 11.4 Å². The highest BCUT2D eigenvalue weighted by Crippen LogP contribution is 2.20. The lowest BCUT2D eigenvalue weighted by atomic mass is 10.1. The lowest BCUT2D eigenvalue weighted by Gasteiger charge is -2.10. The number of aromatic nitrogens is 2. The lowest BCUT2D eigenvalue weighted by Crippen LogP contribution is -2.21. The number of ether oxygens (including phenoxy) is 1. The van der Waals surface area contributed by atoms with Gasteiger partial charge < -0.3 is 10.1 Å². The molecule has 1 aromatic heterocycles. The molecule has 144 valence electrons. The predicted octanol–water partition coefficient (Wildman–Crippen LogP) is 4.44. The first kappa shape index (κ1) is 19.6. The van der Waals surface area contributed by atoms with Gasteiger partial charge >= 0.3 is 0 Å². The molecule has 0 saturated carbocycles. The Bertz CT molecular complexity index is 996. The summed E-state index contributed by atoms with van der Waals surface area (Å²) in [6, 6.07) is 15.7. The Balaban J connectivity index is 1.65. The molecule has 0 unspecified atom stereocenters. The van der Waals surface area contributed by atoms with Gasteiger partial charge in [-0.15, -0.1) is 0 Å². The SMILES string of the molecule is CCC(=O)c1ccc(OCC(=O)Nc2cc(C)nn2-c2cccc(Cl)c2)cc1. The molecule has 0 radical (unpaired) electrons. The molecule has 0 aliphatic carbocycles. The third kappa shape index (κ3) is 4.78. The van der Waals surface area contributed by atoms with Gasteiger partial charge in [0, 0.05) is 23.1 Å². The van der Waals surface area contributed by atoms with E-state index in [1.54, 1.807) is 47.1 Å². The molecule has 28 heavy (non-hydrogen) atoms. The van der Waals surface area contributed by atoms with E-state index in [4.69, 9.17) is 16.3 Å². The zero-order valence-corrected chi connectivity index (χ0v) is 16.4. The Hall–Kier alpha value is -3.12. The van der Waals surface area contributed by atoms with Crippen molar-refractivity contribution in [1.82, 2.24) is 9.78 Å². The summed E-state index contributed by atoms with van der Waals surface area (Å²) in [4.78, 5) is 24.0. The standard InChI is InChI=1S/C21H20ClN3O3/c1-3-19(26)15-7-9-18(10-8-15)28-13-21(27)23-20-11-14(2)24-25(20)17-6-4-5-16(22)12-17/h4-12H,3,13H2,1-2H3,(H,23,27). The highest BCUT2D eigenvalue weighted by Gasteiger charge is 2.12. The molecule has 0 atom stereocenters. The van der Waals surface area contributed by atoms with Crippen LogP contribution in [0.25, 0.3) is 5.69 Å². The van der Waals surface area contributed by atoms with Gasteiger partial charge in [0.2, 0.25) is 0 Å². The van der Waals surface area contributed by atoms with E-state index in [1.165, 1.54) is 0 Å². The molecule has 0 saturated heterocycles. The molecule has 6 nitrogen and oxygen atoms in total. The van der Waals surface area contributed by atoms with Crippen LogP contribution in [0.5, 0.6) is 5.75 Å². The van der Waals surface area contributed by atoms with E-state index in [9.17, 15) is 9.59 Å². The molecule has 0 bridgehead atoms. The fourth-order valence-electron chi connectivity index (χ4n) is 2.66. The summed E-state index contributed by atoms with van der Waals surface area (Å²) in [5, 5.41) is 7.78. The number of rotatable bonds is 7. The molecular formula is C21H20ClN3O3. The Morgan fingerprint density at radius 3 is 2.57 bits per heavy atom. The number of hydrogen-bond donors (Lipinski definition) is 1. The van der Waals surface area contributed by atoms with Crippen molar-refractivity contribution >= 4 is 29.1 Å². The van der Waals surface area contributed by atoms with Crippen LogP contribution in [0.2, 0.25) is 5.02 Å². The van der Waals surface area contributed by atoms with Crippen molar-refractivity contribution in [3.63, 3.8) is 0 Å². The van der Waals surface area contributed by atoms with Crippen molar-refractivity contribution in [2.24, 2.45) is 0 Å². The molecule has 0 aliphatic rings. The number of Topliss-reactive ketones (excluding diaryl/α,β-unsaturated/α-hetero) is 1. The van der Waals surface area contributed by atoms with Crippen molar-refractivity contribution in [2.75, 3.05) is 11.9 Å². The second-order valence-electron chi connectivity index (χ2n) is 6.20. The molecule has 1 heterocycles. The van der Waals surface area contributed by atoms with Gasteiger partial charge in [-0.25, -0.2) is 4.68 Å². The Kier molecular flexibility index (Phi) is 6.11. The van der Waals surface area contributed by atoms with Crippen LogP contribution >= 0.6 is 11.6 Å². The van der Waals surface area contributed by atoms with Crippen LogP contribution in [-0.4, -0.2) is 28.1 Å². The van der Waals surface area contributed by atoms with Crippen LogP contribution < -0.4 is 10.1 Å². The Labute approximate surface area is 168 Å². The van der Waals surface area contributed by atoms with Crippen molar-refractivity contribution in [1.29, 1.82) is 0 Å². The van der Waals surface area contributed by atoms with E-state index in [0.717, 1.165) is 11.4 Å². The molecule has 0 fully saturated rings. The molecular weight excluding hydrogens is 378 g/mol. The molecule has 0 aliphatic heterocycles. The van der Waals surface area contributed by atoms with Crippen LogP contribution in [0.1, 0.15) is 29.4 Å². The topological polar surface area (TPSA) is 73.2 Å². The fraction of sp³-hybridized carbons (Fsp3) is 0.190. The first-order valence-corrected chi connectivity index (χ1v) is 9.22. The second-order valence-corrected chi connectivity index (χ2v) is 6.64. The summed E-state index contributed by atoms with van der Waals surface area (Å²) in [7, 11) is 0. The molecule has 1 amide bonds. The number of carbonyl (C=O) groups excluding carboxylic acids is 2. The van der Waals surface area contributed by atoms with Gasteiger partial charge in [-0.05, 0) is 49.4 Å². The van der Waals surface area contributed by atoms with E-state index < -0.39 is 0 Å². The predicted molar refractivity (Wildman–Crippen MR) is 108 cm³/mol. The maximum Gasteiger partial charge on any atom is 0.263 e. The first-order chi connectivity index (χ1) is 13.5. The molecule has 3 rings (SSSR count). The Morgan fingerprint density at radius 2 is 1.89 bits per heavy atom. The number of halogens is 1. The average molecular weight is 398 g/mol. The lowest BCUT2D eigenvalue weighted by molar-refractivity contribution is -0.118. The minimum Gasteiger partial charge on any atom is -0.484 e. The number of carbonyl (C=O) groups is 2. The third-order valence-corrected chi connectivity index (χ3v) is 4.25. The number of anilines is 1.